The molecule has 1 N–H and O–H groups in total. The summed E-state index contributed by atoms with van der Waals surface area (Å²) in [5.41, 5.74) is 0.785. The van der Waals surface area contributed by atoms with E-state index in [1.54, 1.807) is 6.20 Å². The molecular formula is C14H22N4O2. The highest BCUT2D eigenvalue weighted by molar-refractivity contribution is 5.78. The fourth-order valence-corrected chi connectivity index (χ4v) is 2.29. The minimum absolute atomic E-state index is 0.164. The summed E-state index contributed by atoms with van der Waals surface area (Å²) in [6, 6.07) is 0. The van der Waals surface area contributed by atoms with Gasteiger partial charge in [-0.25, -0.2) is 9.97 Å². The van der Waals surface area contributed by atoms with Gasteiger partial charge in [0.2, 0.25) is 5.91 Å². The zero-order valence-electron chi connectivity index (χ0n) is 12.0. The average molecular weight is 278 g/mol. The van der Waals surface area contributed by atoms with Crippen molar-refractivity contribution in [1.29, 1.82) is 0 Å². The molecule has 1 fully saturated rings. The zero-order valence-corrected chi connectivity index (χ0v) is 12.0. The van der Waals surface area contributed by atoms with Gasteiger partial charge in [-0.05, 0) is 26.2 Å². The Hall–Kier alpha value is -1.69. The first-order valence-electron chi connectivity index (χ1n) is 7.21. The van der Waals surface area contributed by atoms with Crippen molar-refractivity contribution in [3.63, 3.8) is 0 Å². The topological polar surface area (TPSA) is 67.4 Å². The van der Waals surface area contributed by atoms with Gasteiger partial charge in [-0.1, -0.05) is 0 Å². The van der Waals surface area contributed by atoms with E-state index in [0.29, 0.717) is 25.4 Å². The molecule has 0 saturated carbocycles. The van der Waals surface area contributed by atoms with Crippen LogP contribution in [0.4, 0.5) is 0 Å². The fraction of sp³-hybridized carbons (Fsp3) is 0.643. The van der Waals surface area contributed by atoms with Crippen molar-refractivity contribution in [2.45, 2.75) is 32.7 Å². The summed E-state index contributed by atoms with van der Waals surface area (Å²) in [5, 5.41) is 3.14. The maximum Gasteiger partial charge on any atom is 0.236 e. The molecule has 0 spiro atoms. The number of likely N-dealkylation sites (tertiary alicyclic amines) is 1. The Morgan fingerprint density at radius 3 is 2.95 bits per heavy atom. The molecule has 6 nitrogen and oxygen atoms in total. The van der Waals surface area contributed by atoms with Gasteiger partial charge in [0.05, 0.1) is 25.0 Å². The van der Waals surface area contributed by atoms with Crippen LogP contribution in [0.25, 0.3) is 0 Å². The molecular weight excluding hydrogens is 256 g/mol. The molecule has 1 saturated heterocycles. The highest BCUT2D eigenvalue weighted by Crippen LogP contribution is 2.13. The van der Waals surface area contributed by atoms with E-state index in [9.17, 15) is 4.79 Å². The lowest BCUT2D eigenvalue weighted by Crippen LogP contribution is -2.41. The number of ether oxygens (including phenoxy) is 1. The summed E-state index contributed by atoms with van der Waals surface area (Å²) in [4.78, 5) is 22.1. The Bertz CT molecular complexity index is 433. The van der Waals surface area contributed by atoms with Gasteiger partial charge >= 0.3 is 0 Å². The van der Waals surface area contributed by atoms with Crippen LogP contribution in [0.1, 0.15) is 31.9 Å². The molecule has 0 atom stereocenters. The molecule has 1 aliphatic rings. The van der Waals surface area contributed by atoms with E-state index in [2.05, 4.69) is 15.3 Å². The molecule has 0 aromatic carbocycles. The number of amides is 1. The van der Waals surface area contributed by atoms with E-state index < -0.39 is 0 Å². The van der Waals surface area contributed by atoms with Crippen LogP contribution >= 0.6 is 0 Å². The Morgan fingerprint density at radius 1 is 1.40 bits per heavy atom. The van der Waals surface area contributed by atoms with Gasteiger partial charge in [-0.2, -0.15) is 0 Å². The number of nitrogens with one attached hydrogen (secondary N) is 1. The molecule has 1 aliphatic heterocycles. The fourth-order valence-electron chi connectivity index (χ4n) is 2.29. The van der Waals surface area contributed by atoms with Crippen molar-refractivity contribution in [3.8, 4) is 5.75 Å². The minimum Gasteiger partial charge on any atom is -0.490 e. The lowest BCUT2D eigenvalue weighted by atomic mass is 10.1. The lowest BCUT2D eigenvalue weighted by Gasteiger charge is -2.26. The van der Waals surface area contributed by atoms with E-state index in [1.165, 1.54) is 12.7 Å². The number of hydrogen-bond acceptors (Lipinski definition) is 5. The van der Waals surface area contributed by atoms with Crippen LogP contribution in [0.2, 0.25) is 0 Å². The standard InChI is InChI=1S/C14H22N4O2/c1-2-20-13-9-16-11-17-12(13)8-15-10-14(19)18-6-4-3-5-7-18/h9,11,15H,2-8,10H2,1H3. The molecule has 0 aliphatic carbocycles. The number of piperidine rings is 1. The van der Waals surface area contributed by atoms with Crippen LogP contribution in [-0.2, 0) is 11.3 Å². The largest absolute Gasteiger partial charge is 0.490 e. The van der Waals surface area contributed by atoms with Gasteiger partial charge in [-0.15, -0.1) is 0 Å². The van der Waals surface area contributed by atoms with Crippen LogP contribution in [0.5, 0.6) is 5.75 Å². The van der Waals surface area contributed by atoms with Crippen molar-refractivity contribution < 1.29 is 9.53 Å². The first kappa shape index (κ1) is 14.7. The zero-order chi connectivity index (χ0) is 14.2. The summed E-state index contributed by atoms with van der Waals surface area (Å²) >= 11 is 0. The predicted octanol–water partition coefficient (Wildman–Crippen LogP) is 0.977. The highest BCUT2D eigenvalue weighted by atomic mass is 16.5. The van der Waals surface area contributed by atoms with Gasteiger partial charge in [0.25, 0.3) is 0 Å². The highest BCUT2D eigenvalue weighted by Gasteiger charge is 2.16. The van der Waals surface area contributed by atoms with Crippen molar-refractivity contribution in [2.75, 3.05) is 26.2 Å². The van der Waals surface area contributed by atoms with E-state index in [1.807, 2.05) is 11.8 Å². The average Bonchev–Trinajstić information content (AvgIpc) is 2.50. The molecule has 1 amide bonds. The lowest BCUT2D eigenvalue weighted by molar-refractivity contribution is -0.131. The molecule has 110 valence electrons. The molecule has 0 radical (unpaired) electrons. The molecule has 0 unspecified atom stereocenters. The Morgan fingerprint density at radius 2 is 2.20 bits per heavy atom. The quantitative estimate of drug-likeness (QED) is 0.840. The third-order valence-corrected chi connectivity index (χ3v) is 3.33. The second kappa shape index (κ2) is 7.79. The van der Waals surface area contributed by atoms with Gasteiger partial charge in [-0.3, -0.25) is 4.79 Å². The van der Waals surface area contributed by atoms with Crippen molar-refractivity contribution in [3.05, 3.63) is 18.2 Å². The number of hydrogen-bond donors (Lipinski definition) is 1. The first-order valence-corrected chi connectivity index (χ1v) is 7.21. The van der Waals surface area contributed by atoms with Crippen LogP contribution in [0.3, 0.4) is 0 Å². The molecule has 6 heteroatoms. The Balaban J connectivity index is 1.79. The summed E-state index contributed by atoms with van der Waals surface area (Å²) < 4.78 is 5.45. The maximum atomic E-state index is 12.0. The molecule has 2 heterocycles. The molecule has 1 aromatic rings. The van der Waals surface area contributed by atoms with E-state index >= 15 is 0 Å². The summed E-state index contributed by atoms with van der Waals surface area (Å²) in [5.74, 6) is 0.838. The SMILES string of the molecule is CCOc1cncnc1CNCC(=O)N1CCCCC1. The van der Waals surface area contributed by atoms with Crippen LogP contribution in [-0.4, -0.2) is 47.0 Å². The van der Waals surface area contributed by atoms with Gasteiger partial charge in [0.1, 0.15) is 6.33 Å². The summed E-state index contributed by atoms with van der Waals surface area (Å²) in [6.07, 6.45) is 6.61. The van der Waals surface area contributed by atoms with Crippen LogP contribution < -0.4 is 10.1 Å². The third kappa shape index (κ3) is 4.16. The van der Waals surface area contributed by atoms with Crippen molar-refractivity contribution in [2.24, 2.45) is 0 Å². The summed E-state index contributed by atoms with van der Waals surface area (Å²) in [6.45, 7) is 5.13. The maximum absolute atomic E-state index is 12.0. The van der Waals surface area contributed by atoms with Gasteiger partial charge in [0.15, 0.2) is 5.75 Å². The number of rotatable bonds is 6. The van der Waals surface area contributed by atoms with E-state index in [-0.39, 0.29) is 5.91 Å². The number of nitrogens with zero attached hydrogens (tertiary/aromatic N) is 3. The normalized spacial score (nSPS) is 15.2. The monoisotopic (exact) mass is 278 g/mol. The number of carbonyl (C=O) groups is 1. The number of carbonyl (C=O) groups excluding carboxylic acids is 1. The van der Waals surface area contributed by atoms with Crippen LogP contribution in [0.15, 0.2) is 12.5 Å². The third-order valence-electron chi connectivity index (χ3n) is 3.33. The molecule has 1 aromatic heterocycles. The van der Waals surface area contributed by atoms with Crippen molar-refractivity contribution >= 4 is 5.91 Å². The Labute approximate surface area is 119 Å². The number of aromatic nitrogens is 2. The molecule has 2 rings (SSSR count). The molecule has 0 bridgehead atoms. The smallest absolute Gasteiger partial charge is 0.236 e. The van der Waals surface area contributed by atoms with Gasteiger partial charge < -0.3 is 15.0 Å². The van der Waals surface area contributed by atoms with Gasteiger partial charge in [0, 0.05) is 19.6 Å². The summed E-state index contributed by atoms with van der Waals surface area (Å²) in [7, 11) is 0. The van der Waals surface area contributed by atoms with Crippen LogP contribution in [0, 0.1) is 0 Å². The predicted molar refractivity (Wildman–Crippen MR) is 75.3 cm³/mol. The molecule has 20 heavy (non-hydrogen) atoms. The van der Waals surface area contributed by atoms with E-state index in [0.717, 1.165) is 31.6 Å². The van der Waals surface area contributed by atoms with E-state index in [4.69, 9.17) is 4.74 Å². The second-order valence-electron chi connectivity index (χ2n) is 4.81. The van der Waals surface area contributed by atoms with Crippen molar-refractivity contribution in [1.82, 2.24) is 20.2 Å². The first-order chi connectivity index (χ1) is 9.81. The second-order valence-corrected chi connectivity index (χ2v) is 4.81. The Kier molecular flexibility index (Phi) is 5.73. The minimum atomic E-state index is 0.164.